The lowest BCUT2D eigenvalue weighted by Crippen LogP contribution is -1.96. The highest BCUT2D eigenvalue weighted by Gasteiger charge is 2.04. The summed E-state index contributed by atoms with van der Waals surface area (Å²) < 4.78 is 1.06. The highest BCUT2D eigenvalue weighted by atomic mass is 79.9. The molecule has 0 amide bonds. The third-order valence-electron chi connectivity index (χ3n) is 2.81. The first-order valence-corrected chi connectivity index (χ1v) is 7.23. The molecule has 0 aliphatic heterocycles. The van der Waals surface area contributed by atoms with Crippen LogP contribution >= 0.6 is 15.9 Å². The first kappa shape index (κ1) is 16.4. The number of hydrogen-bond donors (Lipinski definition) is 0. The van der Waals surface area contributed by atoms with Crippen molar-refractivity contribution < 1.29 is 0 Å². The van der Waals surface area contributed by atoms with Crippen LogP contribution in [0.25, 0.3) is 5.70 Å². The average molecular weight is 330 g/mol. The molecule has 0 spiro atoms. The third-order valence-corrected chi connectivity index (χ3v) is 3.33. The van der Waals surface area contributed by atoms with Crippen LogP contribution in [-0.4, -0.2) is 5.71 Å². The topological polar surface area (TPSA) is 12.4 Å². The maximum atomic E-state index is 4.76. The van der Waals surface area contributed by atoms with Crippen LogP contribution in [0.4, 0.5) is 0 Å². The number of benzene rings is 1. The number of aliphatic imine (C=N–C) groups is 1. The molecule has 0 aliphatic rings. The Balaban J connectivity index is 3.27. The van der Waals surface area contributed by atoms with E-state index in [9.17, 15) is 0 Å². The van der Waals surface area contributed by atoms with E-state index >= 15 is 0 Å². The van der Waals surface area contributed by atoms with Gasteiger partial charge in [-0.2, -0.15) is 0 Å². The van der Waals surface area contributed by atoms with Gasteiger partial charge >= 0.3 is 0 Å². The molecule has 0 atom stereocenters. The van der Waals surface area contributed by atoms with Gasteiger partial charge in [-0.15, -0.1) is 0 Å². The lowest BCUT2D eigenvalue weighted by atomic mass is 10.1. The molecule has 1 aromatic carbocycles. The standard InChI is InChI=1S/C18H20BrN/c1-6-8-15(7-2)14(5)20-18(13(3)4)16-9-11-17(19)12-10-16/h6-12H,1-2H2,3-5H3/b15-8+,20-14?. The molecular formula is C18H20BrN. The Labute approximate surface area is 130 Å². The van der Waals surface area contributed by atoms with Crippen LogP contribution in [0.15, 0.2) is 76.3 Å². The second-order valence-electron chi connectivity index (χ2n) is 4.61. The molecule has 20 heavy (non-hydrogen) atoms. The van der Waals surface area contributed by atoms with Crippen molar-refractivity contribution in [3.05, 3.63) is 76.8 Å². The van der Waals surface area contributed by atoms with Crippen molar-refractivity contribution in [2.45, 2.75) is 20.8 Å². The lowest BCUT2D eigenvalue weighted by molar-refractivity contribution is 1.33. The van der Waals surface area contributed by atoms with Crippen molar-refractivity contribution in [2.75, 3.05) is 0 Å². The van der Waals surface area contributed by atoms with Gasteiger partial charge in [0.2, 0.25) is 0 Å². The van der Waals surface area contributed by atoms with E-state index in [2.05, 4.69) is 55.1 Å². The Morgan fingerprint density at radius 3 is 2.15 bits per heavy atom. The van der Waals surface area contributed by atoms with E-state index in [4.69, 9.17) is 4.99 Å². The zero-order valence-corrected chi connectivity index (χ0v) is 13.9. The molecule has 0 saturated heterocycles. The Morgan fingerprint density at radius 2 is 1.70 bits per heavy atom. The van der Waals surface area contributed by atoms with Gasteiger partial charge in [-0.3, -0.25) is 4.99 Å². The second kappa shape index (κ2) is 7.81. The Hall–Kier alpha value is -1.67. The van der Waals surface area contributed by atoms with E-state index in [1.165, 1.54) is 5.57 Å². The quantitative estimate of drug-likeness (QED) is 0.467. The predicted molar refractivity (Wildman–Crippen MR) is 94.0 cm³/mol. The van der Waals surface area contributed by atoms with Gasteiger partial charge in [-0.1, -0.05) is 65.0 Å². The van der Waals surface area contributed by atoms with Crippen LogP contribution in [0.5, 0.6) is 0 Å². The molecule has 2 heteroatoms. The summed E-state index contributed by atoms with van der Waals surface area (Å²) in [6.07, 6.45) is 5.46. The molecule has 0 aromatic heterocycles. The maximum absolute atomic E-state index is 4.76. The lowest BCUT2D eigenvalue weighted by Gasteiger charge is -2.08. The minimum atomic E-state index is 0.930. The van der Waals surface area contributed by atoms with Crippen molar-refractivity contribution in [3.63, 3.8) is 0 Å². The van der Waals surface area contributed by atoms with Crippen molar-refractivity contribution >= 4 is 27.3 Å². The molecule has 0 heterocycles. The molecule has 0 fully saturated rings. The van der Waals surface area contributed by atoms with E-state index in [0.29, 0.717) is 0 Å². The predicted octanol–water partition coefficient (Wildman–Crippen LogP) is 5.96. The highest BCUT2D eigenvalue weighted by molar-refractivity contribution is 9.10. The Morgan fingerprint density at radius 1 is 1.10 bits per heavy atom. The maximum Gasteiger partial charge on any atom is 0.0691 e. The van der Waals surface area contributed by atoms with Crippen molar-refractivity contribution in [1.82, 2.24) is 0 Å². The van der Waals surface area contributed by atoms with E-state index in [1.54, 1.807) is 12.2 Å². The zero-order valence-electron chi connectivity index (χ0n) is 12.3. The number of nitrogens with zero attached hydrogens (tertiary/aromatic N) is 1. The first-order chi connectivity index (χ1) is 9.49. The largest absolute Gasteiger partial charge is 0.253 e. The summed E-state index contributed by atoms with van der Waals surface area (Å²) in [5.41, 5.74) is 5.19. The molecular weight excluding hydrogens is 310 g/mol. The smallest absolute Gasteiger partial charge is 0.0691 e. The van der Waals surface area contributed by atoms with Crippen LogP contribution in [0.3, 0.4) is 0 Å². The van der Waals surface area contributed by atoms with Crippen LogP contribution in [0.1, 0.15) is 26.3 Å². The van der Waals surface area contributed by atoms with E-state index in [0.717, 1.165) is 27.0 Å². The van der Waals surface area contributed by atoms with Crippen molar-refractivity contribution in [1.29, 1.82) is 0 Å². The zero-order chi connectivity index (χ0) is 15.1. The van der Waals surface area contributed by atoms with Gasteiger partial charge < -0.3 is 0 Å². The van der Waals surface area contributed by atoms with E-state index in [1.807, 2.05) is 25.1 Å². The molecule has 1 rings (SSSR count). The average Bonchev–Trinajstić information content (AvgIpc) is 2.42. The van der Waals surface area contributed by atoms with Gasteiger partial charge in [0.15, 0.2) is 0 Å². The van der Waals surface area contributed by atoms with Gasteiger partial charge in [0.1, 0.15) is 0 Å². The van der Waals surface area contributed by atoms with Gasteiger partial charge in [0.05, 0.1) is 5.70 Å². The molecule has 0 bridgehead atoms. The summed E-state index contributed by atoms with van der Waals surface area (Å²) in [5, 5.41) is 0. The highest BCUT2D eigenvalue weighted by Crippen LogP contribution is 2.23. The minimum absolute atomic E-state index is 0.930. The summed E-state index contributed by atoms with van der Waals surface area (Å²) in [6.45, 7) is 13.7. The fourth-order valence-electron chi connectivity index (χ4n) is 1.77. The van der Waals surface area contributed by atoms with Gasteiger partial charge in [0, 0.05) is 15.7 Å². The van der Waals surface area contributed by atoms with Gasteiger partial charge in [-0.25, -0.2) is 0 Å². The fraction of sp³-hybridized carbons (Fsp3) is 0.167. The first-order valence-electron chi connectivity index (χ1n) is 6.43. The molecule has 1 aromatic rings. The summed E-state index contributed by atoms with van der Waals surface area (Å²) in [4.78, 5) is 4.76. The van der Waals surface area contributed by atoms with Crippen LogP contribution < -0.4 is 0 Å². The molecule has 0 radical (unpaired) electrons. The van der Waals surface area contributed by atoms with E-state index < -0.39 is 0 Å². The Kier molecular flexibility index (Phi) is 6.40. The van der Waals surface area contributed by atoms with Gasteiger partial charge in [0.25, 0.3) is 0 Å². The minimum Gasteiger partial charge on any atom is -0.253 e. The number of rotatable bonds is 5. The SMILES string of the molecule is C=C/C=C(\C=C)C(C)=NC(=C(C)C)c1ccc(Br)cc1. The fourth-order valence-corrected chi connectivity index (χ4v) is 2.03. The van der Waals surface area contributed by atoms with Crippen molar-refractivity contribution in [2.24, 2.45) is 4.99 Å². The van der Waals surface area contributed by atoms with Crippen molar-refractivity contribution in [3.8, 4) is 0 Å². The molecule has 104 valence electrons. The summed E-state index contributed by atoms with van der Waals surface area (Å²) in [5.74, 6) is 0. The van der Waals surface area contributed by atoms with Gasteiger partial charge in [-0.05, 0) is 38.5 Å². The van der Waals surface area contributed by atoms with Crippen LogP contribution in [0, 0.1) is 0 Å². The molecule has 1 nitrogen and oxygen atoms in total. The third kappa shape index (κ3) is 4.46. The summed E-state index contributed by atoms with van der Waals surface area (Å²) in [7, 11) is 0. The molecule has 0 unspecified atom stereocenters. The number of halogens is 1. The molecule has 0 N–H and O–H groups in total. The van der Waals surface area contributed by atoms with Crippen LogP contribution in [-0.2, 0) is 0 Å². The van der Waals surface area contributed by atoms with E-state index in [-0.39, 0.29) is 0 Å². The molecule has 0 saturated carbocycles. The summed E-state index contributed by atoms with van der Waals surface area (Å²) in [6, 6.07) is 8.18. The van der Waals surface area contributed by atoms with Crippen LogP contribution in [0.2, 0.25) is 0 Å². The normalized spacial score (nSPS) is 12.0. The number of allylic oxidation sites excluding steroid dienone is 5. The second-order valence-corrected chi connectivity index (χ2v) is 5.53. The number of hydrogen-bond acceptors (Lipinski definition) is 1. The molecule has 0 aliphatic carbocycles. The monoisotopic (exact) mass is 329 g/mol. The Bertz CT molecular complexity index is 582. The summed E-state index contributed by atoms with van der Waals surface area (Å²) >= 11 is 3.45.